The highest BCUT2D eigenvalue weighted by molar-refractivity contribution is 6.32. The van der Waals surface area contributed by atoms with Crippen molar-refractivity contribution in [3.63, 3.8) is 0 Å². The molecule has 3 N–H and O–H groups in total. The Hall–Kier alpha value is -1.42. The third-order valence-electron chi connectivity index (χ3n) is 1.49. The summed E-state index contributed by atoms with van der Waals surface area (Å²) < 4.78 is 4.88. The maximum Gasteiger partial charge on any atom is 0.176 e. The molecule has 0 unspecified atom stereocenters. The second-order valence-electron chi connectivity index (χ2n) is 2.33. The van der Waals surface area contributed by atoms with Gasteiger partial charge >= 0.3 is 0 Å². The Labute approximate surface area is 80.6 Å². The molecule has 0 saturated carbocycles. The molecule has 0 amide bonds. The Bertz CT molecular complexity index is 339. The molecule has 1 rings (SSSR count). The maximum absolute atomic E-state index is 9.36. The first kappa shape index (κ1) is 9.67. The zero-order valence-electron chi connectivity index (χ0n) is 6.99. The van der Waals surface area contributed by atoms with E-state index >= 15 is 0 Å². The standard InChI is InChI=1S/C8H9ClN2O2/c1-13-7-3-5(4-11-10)2-6(9)8(7)12/h2-4,12H,10H2,1H3/b11-4+. The van der Waals surface area contributed by atoms with Gasteiger partial charge < -0.3 is 15.7 Å². The molecule has 13 heavy (non-hydrogen) atoms. The van der Waals surface area contributed by atoms with Crippen molar-refractivity contribution in [3.8, 4) is 11.5 Å². The van der Waals surface area contributed by atoms with Gasteiger partial charge in [0.1, 0.15) is 0 Å². The largest absolute Gasteiger partial charge is 0.503 e. The van der Waals surface area contributed by atoms with E-state index in [-0.39, 0.29) is 10.8 Å². The fourth-order valence-corrected chi connectivity index (χ4v) is 1.13. The fourth-order valence-electron chi connectivity index (χ4n) is 0.910. The maximum atomic E-state index is 9.36. The minimum absolute atomic E-state index is 0.0849. The molecule has 0 spiro atoms. The molecule has 0 fully saturated rings. The Morgan fingerprint density at radius 3 is 2.85 bits per heavy atom. The van der Waals surface area contributed by atoms with Gasteiger partial charge in [-0.05, 0) is 17.7 Å². The average molecular weight is 201 g/mol. The quantitative estimate of drug-likeness (QED) is 0.430. The van der Waals surface area contributed by atoms with Crippen LogP contribution in [0, 0.1) is 0 Å². The van der Waals surface area contributed by atoms with Crippen LogP contribution < -0.4 is 10.6 Å². The normalized spacial score (nSPS) is 10.6. The number of ether oxygens (including phenoxy) is 1. The van der Waals surface area contributed by atoms with Crippen molar-refractivity contribution < 1.29 is 9.84 Å². The van der Waals surface area contributed by atoms with E-state index in [9.17, 15) is 5.11 Å². The van der Waals surface area contributed by atoms with Crippen LogP contribution >= 0.6 is 11.6 Å². The zero-order valence-corrected chi connectivity index (χ0v) is 7.75. The van der Waals surface area contributed by atoms with E-state index in [1.807, 2.05) is 0 Å². The summed E-state index contributed by atoms with van der Waals surface area (Å²) in [7, 11) is 1.44. The van der Waals surface area contributed by atoms with Crippen molar-refractivity contribution in [3.05, 3.63) is 22.7 Å². The predicted octanol–water partition coefficient (Wildman–Crippen LogP) is 1.35. The number of phenolic OH excluding ortho intramolecular Hbond substituents is 1. The number of benzene rings is 1. The number of methoxy groups -OCH3 is 1. The highest BCUT2D eigenvalue weighted by Gasteiger charge is 2.07. The number of rotatable bonds is 2. The first-order chi connectivity index (χ1) is 6.19. The van der Waals surface area contributed by atoms with Gasteiger partial charge in [0.15, 0.2) is 11.5 Å². The van der Waals surface area contributed by atoms with Crippen molar-refractivity contribution >= 4 is 17.8 Å². The fraction of sp³-hybridized carbons (Fsp3) is 0.125. The van der Waals surface area contributed by atoms with Crippen LogP contribution in [0.3, 0.4) is 0 Å². The average Bonchev–Trinajstić information content (AvgIpc) is 2.11. The second-order valence-corrected chi connectivity index (χ2v) is 2.74. The predicted molar refractivity (Wildman–Crippen MR) is 51.5 cm³/mol. The molecule has 0 aliphatic carbocycles. The molecule has 70 valence electrons. The molecule has 0 atom stereocenters. The van der Waals surface area contributed by atoms with Crippen molar-refractivity contribution in [2.45, 2.75) is 0 Å². The van der Waals surface area contributed by atoms with E-state index in [2.05, 4.69) is 5.10 Å². The summed E-state index contributed by atoms with van der Waals surface area (Å²) in [5.41, 5.74) is 0.669. The lowest BCUT2D eigenvalue weighted by molar-refractivity contribution is 0.373. The van der Waals surface area contributed by atoms with Gasteiger partial charge in [0, 0.05) is 0 Å². The first-order valence-electron chi connectivity index (χ1n) is 3.48. The van der Waals surface area contributed by atoms with Crippen LogP contribution in [-0.2, 0) is 0 Å². The lowest BCUT2D eigenvalue weighted by Crippen LogP contribution is -1.90. The van der Waals surface area contributed by atoms with E-state index in [1.54, 1.807) is 6.07 Å². The lowest BCUT2D eigenvalue weighted by atomic mass is 10.2. The molecule has 4 nitrogen and oxygen atoms in total. The van der Waals surface area contributed by atoms with Crippen molar-refractivity contribution in [2.24, 2.45) is 10.9 Å². The summed E-state index contributed by atoms with van der Waals surface area (Å²) in [6, 6.07) is 3.12. The van der Waals surface area contributed by atoms with E-state index in [1.165, 1.54) is 19.4 Å². The molecule has 0 aliphatic heterocycles. The van der Waals surface area contributed by atoms with Crippen LogP contribution in [-0.4, -0.2) is 18.4 Å². The van der Waals surface area contributed by atoms with Crippen LogP contribution in [0.4, 0.5) is 0 Å². The molecule has 1 aromatic carbocycles. The summed E-state index contributed by atoms with van der Waals surface area (Å²) in [6.45, 7) is 0. The van der Waals surface area contributed by atoms with Gasteiger partial charge in [-0.15, -0.1) is 0 Å². The lowest BCUT2D eigenvalue weighted by Gasteiger charge is -2.05. The summed E-state index contributed by atoms with van der Waals surface area (Å²) >= 11 is 5.70. The smallest absolute Gasteiger partial charge is 0.176 e. The SMILES string of the molecule is COc1cc(/C=N/N)cc(Cl)c1O. The van der Waals surface area contributed by atoms with E-state index < -0.39 is 0 Å². The Kier molecular flexibility index (Phi) is 2.97. The second kappa shape index (κ2) is 4.00. The molecule has 0 saturated heterocycles. The topological polar surface area (TPSA) is 67.8 Å². The molecule has 0 radical (unpaired) electrons. The first-order valence-corrected chi connectivity index (χ1v) is 3.86. The minimum Gasteiger partial charge on any atom is -0.503 e. The third-order valence-corrected chi connectivity index (χ3v) is 1.78. The van der Waals surface area contributed by atoms with Crippen molar-refractivity contribution in [1.29, 1.82) is 0 Å². The van der Waals surface area contributed by atoms with Gasteiger partial charge in [-0.3, -0.25) is 0 Å². The van der Waals surface area contributed by atoms with Gasteiger partial charge in [-0.2, -0.15) is 5.10 Å². The Balaban J connectivity index is 3.21. The molecule has 0 bridgehead atoms. The number of phenols is 1. The van der Waals surface area contributed by atoms with Crippen LogP contribution in [0.15, 0.2) is 17.2 Å². The van der Waals surface area contributed by atoms with Gasteiger partial charge in [0.2, 0.25) is 0 Å². The van der Waals surface area contributed by atoms with Crippen molar-refractivity contribution in [2.75, 3.05) is 7.11 Å². The Morgan fingerprint density at radius 1 is 1.62 bits per heavy atom. The molecular weight excluding hydrogens is 192 g/mol. The van der Waals surface area contributed by atoms with E-state index in [0.717, 1.165) is 0 Å². The van der Waals surface area contributed by atoms with Gasteiger partial charge in [0.25, 0.3) is 0 Å². The monoisotopic (exact) mass is 200 g/mol. The van der Waals surface area contributed by atoms with Crippen LogP contribution in [0.5, 0.6) is 11.5 Å². The number of hydrogen-bond acceptors (Lipinski definition) is 4. The molecule has 1 aromatic rings. The molecule has 0 aliphatic rings. The number of nitrogens with two attached hydrogens (primary N) is 1. The number of hydrazone groups is 1. The molecule has 5 heteroatoms. The molecule has 0 aromatic heterocycles. The third kappa shape index (κ3) is 2.03. The number of halogens is 1. The summed E-state index contributed by atoms with van der Waals surface area (Å²) in [4.78, 5) is 0. The number of hydrogen-bond donors (Lipinski definition) is 2. The van der Waals surface area contributed by atoms with Crippen LogP contribution in [0.2, 0.25) is 5.02 Å². The van der Waals surface area contributed by atoms with E-state index in [4.69, 9.17) is 22.2 Å². The molecular formula is C8H9ClN2O2. The Morgan fingerprint density at radius 2 is 2.31 bits per heavy atom. The van der Waals surface area contributed by atoms with Gasteiger partial charge in [-0.1, -0.05) is 11.6 Å². The van der Waals surface area contributed by atoms with Crippen LogP contribution in [0.1, 0.15) is 5.56 Å². The summed E-state index contributed by atoms with van der Waals surface area (Å²) in [5.74, 6) is 5.17. The van der Waals surface area contributed by atoms with Crippen molar-refractivity contribution in [1.82, 2.24) is 0 Å². The summed E-state index contributed by atoms with van der Waals surface area (Å²) in [5, 5.41) is 12.9. The minimum atomic E-state index is -0.0849. The van der Waals surface area contributed by atoms with E-state index in [0.29, 0.717) is 11.3 Å². The van der Waals surface area contributed by atoms with Gasteiger partial charge in [-0.25, -0.2) is 0 Å². The highest BCUT2D eigenvalue weighted by Crippen LogP contribution is 2.34. The molecule has 0 heterocycles. The van der Waals surface area contributed by atoms with Gasteiger partial charge in [0.05, 0.1) is 18.3 Å². The zero-order chi connectivity index (χ0) is 9.84. The highest BCUT2D eigenvalue weighted by atomic mass is 35.5. The summed E-state index contributed by atoms with van der Waals surface area (Å²) in [6.07, 6.45) is 1.41. The van der Waals surface area contributed by atoms with Crippen LogP contribution in [0.25, 0.3) is 0 Å². The number of aromatic hydroxyl groups is 1. The number of nitrogens with zero attached hydrogens (tertiary/aromatic N) is 1.